The smallest absolute Gasteiger partial charge is 0.241 e. The van der Waals surface area contributed by atoms with Gasteiger partial charge < -0.3 is 9.47 Å². The van der Waals surface area contributed by atoms with E-state index in [2.05, 4.69) is 0 Å². The molecule has 2 saturated heterocycles. The molecule has 6 rings (SSSR count). The summed E-state index contributed by atoms with van der Waals surface area (Å²) in [6, 6.07) is 19.5. The molecule has 8 heteroatoms. The van der Waals surface area contributed by atoms with Gasteiger partial charge in [-0.3, -0.25) is 19.2 Å². The van der Waals surface area contributed by atoms with Gasteiger partial charge >= 0.3 is 0 Å². The normalized spacial score (nSPS) is 24.3. The first kappa shape index (κ1) is 21.7. The molecule has 1 spiro atoms. The maximum absolute atomic E-state index is 13.8. The Morgan fingerprint density at radius 2 is 1.51 bits per heavy atom. The number of rotatable bonds is 3. The number of anilines is 1. The number of amides is 2. The largest absolute Gasteiger partial charge is 0.497 e. The number of methoxy groups -OCH3 is 1. The Balaban J connectivity index is 1.54. The molecule has 3 atom stereocenters. The standard InChI is InChI=1S/C27H18ClNO6/c1-34-17-6-4-5-14(13-17)22-20-21(26(33)29(25(20)32)16-11-9-15(28)10-12-16)27(35-22)23(30)18-7-2-3-8-19(18)24(27)31/h2-13,20-22H,1H3/t20-,21+,22-/m0/s1. The molecule has 0 unspecified atom stereocenters. The molecule has 2 heterocycles. The van der Waals surface area contributed by atoms with E-state index in [4.69, 9.17) is 21.1 Å². The van der Waals surface area contributed by atoms with Crippen LogP contribution in [0.3, 0.4) is 0 Å². The molecule has 2 fully saturated rings. The number of imide groups is 1. The number of halogens is 1. The van der Waals surface area contributed by atoms with Crippen molar-refractivity contribution in [2.75, 3.05) is 12.0 Å². The van der Waals surface area contributed by atoms with E-state index in [0.717, 1.165) is 4.90 Å². The first-order valence-corrected chi connectivity index (χ1v) is 11.4. The Labute approximate surface area is 205 Å². The summed E-state index contributed by atoms with van der Waals surface area (Å²) < 4.78 is 11.6. The second kappa shape index (κ2) is 7.60. The lowest BCUT2D eigenvalue weighted by atomic mass is 9.77. The molecule has 0 N–H and O–H groups in total. The molecule has 35 heavy (non-hydrogen) atoms. The number of hydrogen-bond donors (Lipinski definition) is 0. The minimum Gasteiger partial charge on any atom is -0.497 e. The van der Waals surface area contributed by atoms with Crippen molar-refractivity contribution in [3.8, 4) is 5.75 Å². The van der Waals surface area contributed by atoms with Crippen molar-refractivity contribution < 1.29 is 28.7 Å². The van der Waals surface area contributed by atoms with Crippen molar-refractivity contribution in [2.24, 2.45) is 11.8 Å². The summed E-state index contributed by atoms with van der Waals surface area (Å²) in [6.45, 7) is 0. The maximum Gasteiger partial charge on any atom is 0.241 e. The number of ketones is 2. The fourth-order valence-corrected chi connectivity index (χ4v) is 5.61. The van der Waals surface area contributed by atoms with Crippen molar-refractivity contribution in [3.63, 3.8) is 0 Å². The van der Waals surface area contributed by atoms with E-state index in [0.29, 0.717) is 22.0 Å². The third-order valence-corrected chi connectivity index (χ3v) is 7.28. The summed E-state index contributed by atoms with van der Waals surface area (Å²) in [6.07, 6.45) is -1.01. The minimum absolute atomic E-state index is 0.188. The lowest BCUT2D eigenvalue weighted by Crippen LogP contribution is -2.51. The van der Waals surface area contributed by atoms with E-state index in [9.17, 15) is 19.2 Å². The zero-order chi connectivity index (χ0) is 24.5. The van der Waals surface area contributed by atoms with Gasteiger partial charge in [-0.1, -0.05) is 48.0 Å². The van der Waals surface area contributed by atoms with Crippen molar-refractivity contribution in [1.29, 1.82) is 0 Å². The van der Waals surface area contributed by atoms with Crippen LogP contribution >= 0.6 is 11.6 Å². The van der Waals surface area contributed by atoms with Crippen LogP contribution in [0, 0.1) is 11.8 Å². The highest BCUT2D eigenvalue weighted by Gasteiger charge is 2.74. The van der Waals surface area contributed by atoms with Crippen LogP contribution in [0.25, 0.3) is 0 Å². The zero-order valence-electron chi connectivity index (χ0n) is 18.4. The highest BCUT2D eigenvalue weighted by molar-refractivity contribution is 6.37. The van der Waals surface area contributed by atoms with Gasteiger partial charge in [-0.05, 0) is 42.0 Å². The second-order valence-electron chi connectivity index (χ2n) is 8.75. The van der Waals surface area contributed by atoms with Crippen LogP contribution in [0.2, 0.25) is 5.02 Å². The highest BCUT2D eigenvalue weighted by atomic mass is 35.5. The summed E-state index contributed by atoms with van der Waals surface area (Å²) >= 11 is 6.00. The third kappa shape index (κ3) is 2.82. The second-order valence-corrected chi connectivity index (χ2v) is 9.18. The summed E-state index contributed by atoms with van der Waals surface area (Å²) in [7, 11) is 1.51. The number of fused-ring (bicyclic) bond motifs is 3. The molecule has 1 aliphatic carbocycles. The molecule has 0 radical (unpaired) electrons. The molecule has 3 aliphatic rings. The van der Waals surface area contributed by atoms with Crippen LogP contribution < -0.4 is 9.64 Å². The topological polar surface area (TPSA) is 90.0 Å². The lowest BCUT2D eigenvalue weighted by Gasteiger charge is -2.27. The average Bonchev–Trinajstić information content (AvgIpc) is 3.45. The van der Waals surface area contributed by atoms with Crippen LogP contribution in [0.1, 0.15) is 32.4 Å². The maximum atomic E-state index is 13.8. The molecule has 2 amide bonds. The number of carbonyl (C=O) groups is 4. The summed E-state index contributed by atoms with van der Waals surface area (Å²) in [5.74, 6) is -4.26. The predicted octanol–water partition coefficient (Wildman–Crippen LogP) is 4.04. The highest BCUT2D eigenvalue weighted by Crippen LogP contribution is 2.57. The van der Waals surface area contributed by atoms with Gasteiger partial charge in [0.2, 0.25) is 29.0 Å². The van der Waals surface area contributed by atoms with Gasteiger partial charge in [0.15, 0.2) is 0 Å². The Morgan fingerprint density at radius 1 is 0.857 bits per heavy atom. The van der Waals surface area contributed by atoms with Crippen LogP contribution in [-0.4, -0.2) is 36.1 Å². The number of Topliss-reactive ketones (excluding diaryl/α,β-unsaturated/α-hetero) is 2. The minimum atomic E-state index is -2.12. The fraction of sp³-hybridized carbons (Fsp3) is 0.185. The quantitative estimate of drug-likeness (QED) is 0.409. The first-order chi connectivity index (χ1) is 16.9. The Hall–Kier alpha value is -3.81. The van der Waals surface area contributed by atoms with Gasteiger partial charge in [-0.2, -0.15) is 0 Å². The number of carbonyl (C=O) groups excluding carboxylic acids is 4. The van der Waals surface area contributed by atoms with Gasteiger partial charge in [-0.25, -0.2) is 4.90 Å². The van der Waals surface area contributed by atoms with E-state index in [1.54, 1.807) is 72.8 Å². The van der Waals surface area contributed by atoms with Gasteiger partial charge in [0.05, 0.1) is 30.7 Å². The SMILES string of the molecule is COc1cccc([C@@H]2OC3(C(=O)c4ccccc4C3=O)[C@H]3C(=O)N(c4ccc(Cl)cc4)C(=O)[C@H]23)c1. The monoisotopic (exact) mass is 487 g/mol. The number of nitrogens with zero attached hydrogens (tertiary/aromatic N) is 1. The average molecular weight is 488 g/mol. The molecule has 174 valence electrons. The van der Waals surface area contributed by atoms with Gasteiger partial charge in [0.1, 0.15) is 5.75 Å². The van der Waals surface area contributed by atoms with Crippen molar-refractivity contribution >= 4 is 40.7 Å². The zero-order valence-corrected chi connectivity index (χ0v) is 19.2. The predicted molar refractivity (Wildman–Crippen MR) is 126 cm³/mol. The Bertz CT molecular complexity index is 1400. The van der Waals surface area contributed by atoms with Crippen molar-refractivity contribution in [3.05, 3.63) is 94.5 Å². The molecular weight excluding hydrogens is 470 g/mol. The van der Waals surface area contributed by atoms with E-state index < -0.39 is 46.9 Å². The van der Waals surface area contributed by atoms with Crippen molar-refractivity contribution in [2.45, 2.75) is 11.7 Å². The van der Waals surface area contributed by atoms with E-state index in [1.165, 1.54) is 7.11 Å². The number of hydrogen-bond acceptors (Lipinski definition) is 6. The molecule has 0 saturated carbocycles. The van der Waals surface area contributed by atoms with Crippen LogP contribution in [-0.2, 0) is 14.3 Å². The molecular formula is C27H18ClNO6. The van der Waals surface area contributed by atoms with E-state index in [-0.39, 0.29) is 11.1 Å². The third-order valence-electron chi connectivity index (χ3n) is 7.03. The molecule has 3 aromatic carbocycles. The summed E-state index contributed by atoms with van der Waals surface area (Å²) in [5.41, 5.74) is -0.892. The molecule has 0 bridgehead atoms. The summed E-state index contributed by atoms with van der Waals surface area (Å²) in [4.78, 5) is 56.2. The lowest BCUT2D eigenvalue weighted by molar-refractivity contribution is -0.127. The number of ether oxygens (including phenoxy) is 2. The van der Waals surface area contributed by atoms with Crippen LogP contribution in [0.15, 0.2) is 72.8 Å². The van der Waals surface area contributed by atoms with Crippen molar-refractivity contribution in [1.82, 2.24) is 0 Å². The van der Waals surface area contributed by atoms with Crippen LogP contribution in [0.5, 0.6) is 5.75 Å². The fourth-order valence-electron chi connectivity index (χ4n) is 5.48. The van der Waals surface area contributed by atoms with E-state index in [1.807, 2.05) is 0 Å². The molecule has 3 aromatic rings. The Kier molecular flexibility index (Phi) is 4.71. The van der Waals surface area contributed by atoms with Gasteiger partial charge in [0, 0.05) is 16.1 Å². The number of benzene rings is 3. The van der Waals surface area contributed by atoms with E-state index >= 15 is 0 Å². The molecule has 0 aromatic heterocycles. The van der Waals surface area contributed by atoms with Crippen LogP contribution in [0.4, 0.5) is 5.69 Å². The van der Waals surface area contributed by atoms with Gasteiger partial charge in [0.25, 0.3) is 0 Å². The molecule has 2 aliphatic heterocycles. The first-order valence-electron chi connectivity index (χ1n) is 11.0. The van der Waals surface area contributed by atoms with Gasteiger partial charge in [-0.15, -0.1) is 0 Å². The summed E-state index contributed by atoms with van der Waals surface area (Å²) in [5, 5.41) is 0.443. The Morgan fingerprint density at radius 3 is 2.14 bits per heavy atom. The molecule has 7 nitrogen and oxygen atoms in total.